The molecule has 1 aliphatic rings. The lowest BCUT2D eigenvalue weighted by atomic mass is 10.0. The summed E-state index contributed by atoms with van der Waals surface area (Å²) in [6.07, 6.45) is 0.381. The number of hydrogen-bond acceptors (Lipinski definition) is 7. The van der Waals surface area contributed by atoms with Crippen molar-refractivity contribution in [3.63, 3.8) is 0 Å². The number of methoxy groups -OCH3 is 3. The van der Waals surface area contributed by atoms with Crippen LogP contribution in [0.25, 0.3) is 0 Å². The number of hydrazone groups is 1. The van der Waals surface area contributed by atoms with Gasteiger partial charge < -0.3 is 19.5 Å². The Morgan fingerprint density at radius 1 is 1.19 bits per heavy atom. The van der Waals surface area contributed by atoms with Crippen molar-refractivity contribution in [2.45, 2.75) is 25.3 Å². The predicted octanol–water partition coefficient (Wildman–Crippen LogP) is 1.03. The summed E-state index contributed by atoms with van der Waals surface area (Å²) in [5, 5.41) is 7.93. The standard InChI is InChI=1S/C18H23N3O6/c1-21-16(22)8-6-12(20-21)18(24)19-13(10-17(23)27-4)11-5-7-14(25-2)15(9-11)26-3/h5,7,9,13H,6,8,10H2,1-4H3,(H,19,24)/t13-/m1/s1. The van der Waals surface area contributed by atoms with Crippen LogP contribution in [0.1, 0.15) is 30.9 Å². The first kappa shape index (κ1) is 20.2. The number of amides is 2. The van der Waals surface area contributed by atoms with E-state index in [1.54, 1.807) is 18.2 Å². The first-order valence-electron chi connectivity index (χ1n) is 8.33. The maximum atomic E-state index is 12.6. The normalized spacial score (nSPS) is 14.9. The van der Waals surface area contributed by atoms with Crippen molar-refractivity contribution >= 4 is 23.5 Å². The number of benzene rings is 1. The average molecular weight is 377 g/mol. The SMILES string of the molecule is COC(=O)C[C@@H](NC(=O)C1=NN(C)C(=O)CC1)c1ccc(OC)c(OC)c1. The van der Waals surface area contributed by atoms with Crippen LogP contribution in [0.15, 0.2) is 23.3 Å². The predicted molar refractivity (Wildman–Crippen MR) is 96.5 cm³/mol. The number of carbonyl (C=O) groups excluding carboxylic acids is 3. The molecule has 9 nitrogen and oxygen atoms in total. The van der Waals surface area contributed by atoms with Crippen molar-refractivity contribution < 1.29 is 28.6 Å². The van der Waals surface area contributed by atoms with E-state index in [9.17, 15) is 14.4 Å². The molecule has 1 atom stereocenters. The molecule has 2 amide bonds. The molecule has 0 fully saturated rings. The van der Waals surface area contributed by atoms with E-state index in [2.05, 4.69) is 10.4 Å². The van der Waals surface area contributed by atoms with E-state index in [-0.39, 0.29) is 30.9 Å². The largest absolute Gasteiger partial charge is 0.493 e. The zero-order chi connectivity index (χ0) is 20.0. The Kier molecular flexibility index (Phi) is 6.75. The molecule has 0 radical (unpaired) electrons. The van der Waals surface area contributed by atoms with Crippen LogP contribution in [-0.2, 0) is 19.1 Å². The summed E-state index contributed by atoms with van der Waals surface area (Å²) in [7, 11) is 5.79. The minimum absolute atomic E-state index is 0.0697. The van der Waals surface area contributed by atoms with E-state index >= 15 is 0 Å². The van der Waals surface area contributed by atoms with Gasteiger partial charge in [0.1, 0.15) is 5.71 Å². The Bertz CT molecular complexity index is 761. The molecule has 146 valence electrons. The van der Waals surface area contributed by atoms with Crippen LogP contribution < -0.4 is 14.8 Å². The molecule has 9 heteroatoms. The molecular weight excluding hydrogens is 354 g/mol. The first-order chi connectivity index (χ1) is 12.9. The van der Waals surface area contributed by atoms with Crippen molar-refractivity contribution in [1.82, 2.24) is 10.3 Å². The lowest BCUT2D eigenvalue weighted by molar-refractivity contribution is -0.141. The number of rotatable bonds is 7. The van der Waals surface area contributed by atoms with Gasteiger partial charge in [-0.1, -0.05) is 6.07 Å². The Morgan fingerprint density at radius 2 is 1.89 bits per heavy atom. The number of hydrogen-bond donors (Lipinski definition) is 1. The second kappa shape index (κ2) is 9.02. The van der Waals surface area contributed by atoms with Crippen molar-refractivity contribution in [2.75, 3.05) is 28.4 Å². The monoisotopic (exact) mass is 377 g/mol. The van der Waals surface area contributed by atoms with Gasteiger partial charge in [0.15, 0.2) is 11.5 Å². The zero-order valence-corrected chi connectivity index (χ0v) is 15.8. The molecule has 27 heavy (non-hydrogen) atoms. The molecule has 0 saturated heterocycles. The maximum Gasteiger partial charge on any atom is 0.307 e. The van der Waals surface area contributed by atoms with E-state index in [0.29, 0.717) is 17.1 Å². The van der Waals surface area contributed by atoms with Crippen LogP contribution in [0.2, 0.25) is 0 Å². The molecule has 2 rings (SSSR count). The van der Waals surface area contributed by atoms with Gasteiger partial charge in [-0.2, -0.15) is 5.10 Å². The van der Waals surface area contributed by atoms with E-state index in [1.165, 1.54) is 28.4 Å². The number of esters is 1. The van der Waals surface area contributed by atoms with Crippen molar-refractivity contribution in [3.05, 3.63) is 23.8 Å². The van der Waals surface area contributed by atoms with Gasteiger partial charge in [-0.25, -0.2) is 5.01 Å². The summed E-state index contributed by atoms with van der Waals surface area (Å²) in [4.78, 5) is 35.9. The highest BCUT2D eigenvalue weighted by Crippen LogP contribution is 2.31. The van der Waals surface area contributed by atoms with Crippen LogP contribution in [0.3, 0.4) is 0 Å². The smallest absolute Gasteiger partial charge is 0.307 e. The van der Waals surface area contributed by atoms with E-state index in [1.807, 2.05) is 0 Å². The molecule has 1 heterocycles. The molecule has 0 bridgehead atoms. The molecule has 0 aliphatic carbocycles. The highest BCUT2D eigenvalue weighted by atomic mass is 16.5. The molecule has 0 saturated carbocycles. The van der Waals surface area contributed by atoms with Gasteiger partial charge in [0.05, 0.1) is 33.8 Å². The van der Waals surface area contributed by atoms with Crippen molar-refractivity contribution in [2.24, 2.45) is 5.10 Å². The lowest BCUT2D eigenvalue weighted by Crippen LogP contribution is -2.39. The Hall–Kier alpha value is -3.10. The van der Waals surface area contributed by atoms with Gasteiger partial charge in [-0.3, -0.25) is 14.4 Å². The third kappa shape index (κ3) is 4.96. The van der Waals surface area contributed by atoms with Gasteiger partial charge in [-0.05, 0) is 17.7 Å². The third-order valence-corrected chi connectivity index (χ3v) is 4.18. The van der Waals surface area contributed by atoms with Gasteiger partial charge in [0, 0.05) is 19.9 Å². The highest BCUT2D eigenvalue weighted by Gasteiger charge is 2.26. The van der Waals surface area contributed by atoms with Crippen LogP contribution in [0.5, 0.6) is 11.5 Å². The Labute approximate surface area is 157 Å². The van der Waals surface area contributed by atoms with E-state index in [4.69, 9.17) is 14.2 Å². The molecule has 0 unspecified atom stereocenters. The van der Waals surface area contributed by atoms with Gasteiger partial charge in [-0.15, -0.1) is 0 Å². The summed E-state index contributed by atoms with van der Waals surface area (Å²) < 4.78 is 15.2. The van der Waals surface area contributed by atoms with Crippen LogP contribution in [-0.4, -0.2) is 56.9 Å². The van der Waals surface area contributed by atoms with Gasteiger partial charge in [0.25, 0.3) is 5.91 Å². The first-order valence-corrected chi connectivity index (χ1v) is 8.33. The van der Waals surface area contributed by atoms with Crippen molar-refractivity contribution in [3.8, 4) is 11.5 Å². The fraction of sp³-hybridized carbons (Fsp3) is 0.444. The van der Waals surface area contributed by atoms with Crippen LogP contribution in [0.4, 0.5) is 0 Å². The zero-order valence-electron chi connectivity index (χ0n) is 15.8. The Morgan fingerprint density at radius 3 is 2.48 bits per heavy atom. The second-order valence-electron chi connectivity index (χ2n) is 5.88. The number of carbonyl (C=O) groups is 3. The van der Waals surface area contributed by atoms with E-state index < -0.39 is 17.9 Å². The lowest BCUT2D eigenvalue weighted by Gasteiger charge is -2.22. The summed E-state index contributed by atoms with van der Waals surface area (Å²) in [5.74, 6) is -0.0795. The number of nitrogens with one attached hydrogen (secondary N) is 1. The fourth-order valence-electron chi connectivity index (χ4n) is 2.65. The molecule has 1 aromatic carbocycles. The molecule has 0 spiro atoms. The summed E-state index contributed by atoms with van der Waals surface area (Å²) in [6, 6.07) is 4.45. The highest BCUT2D eigenvalue weighted by molar-refractivity contribution is 6.39. The average Bonchev–Trinajstić information content (AvgIpc) is 2.68. The minimum atomic E-state index is -0.657. The van der Waals surface area contributed by atoms with Crippen LogP contribution >= 0.6 is 0 Å². The minimum Gasteiger partial charge on any atom is -0.493 e. The fourth-order valence-corrected chi connectivity index (χ4v) is 2.65. The van der Waals surface area contributed by atoms with Crippen LogP contribution in [0, 0.1) is 0 Å². The number of nitrogens with zero attached hydrogens (tertiary/aromatic N) is 2. The van der Waals surface area contributed by atoms with Crippen molar-refractivity contribution in [1.29, 1.82) is 0 Å². The maximum absolute atomic E-state index is 12.6. The molecule has 1 aromatic rings. The summed E-state index contributed by atoms with van der Waals surface area (Å²) in [6.45, 7) is 0. The summed E-state index contributed by atoms with van der Waals surface area (Å²) in [5.41, 5.74) is 0.875. The second-order valence-corrected chi connectivity index (χ2v) is 5.88. The summed E-state index contributed by atoms with van der Waals surface area (Å²) >= 11 is 0. The van der Waals surface area contributed by atoms with Gasteiger partial charge in [0.2, 0.25) is 5.91 Å². The third-order valence-electron chi connectivity index (χ3n) is 4.18. The molecule has 1 N–H and O–H groups in total. The number of ether oxygens (including phenoxy) is 3. The Balaban J connectivity index is 2.27. The quantitative estimate of drug-likeness (QED) is 0.712. The molecule has 1 aliphatic heterocycles. The molecular formula is C18H23N3O6. The molecule has 0 aromatic heterocycles. The topological polar surface area (TPSA) is 107 Å². The van der Waals surface area contributed by atoms with E-state index in [0.717, 1.165) is 5.01 Å². The van der Waals surface area contributed by atoms with Gasteiger partial charge >= 0.3 is 5.97 Å².